The van der Waals surface area contributed by atoms with E-state index in [9.17, 15) is 0 Å². The van der Waals surface area contributed by atoms with E-state index in [1.165, 1.54) is 30.5 Å². The Balaban J connectivity index is 1.70. The Hall–Kier alpha value is -2.36. The Bertz CT molecular complexity index is 850. The molecule has 0 spiro atoms. The summed E-state index contributed by atoms with van der Waals surface area (Å²) < 4.78 is 8.56. The van der Waals surface area contributed by atoms with Crippen LogP contribution < -0.4 is 4.74 Å². The first-order valence-corrected chi connectivity index (χ1v) is 8.70. The molecule has 1 fully saturated rings. The van der Waals surface area contributed by atoms with E-state index in [-0.39, 0.29) is 0 Å². The lowest BCUT2D eigenvalue weighted by Gasteiger charge is -2.27. The summed E-state index contributed by atoms with van der Waals surface area (Å²) in [6, 6.07) is 5.96. The fourth-order valence-electron chi connectivity index (χ4n) is 3.44. The Morgan fingerprint density at radius 1 is 1.21 bits per heavy atom. The quantitative estimate of drug-likeness (QED) is 0.698. The Kier molecular flexibility index (Phi) is 3.97. The van der Waals surface area contributed by atoms with Crippen LogP contribution in [0.3, 0.4) is 0 Å². The van der Waals surface area contributed by atoms with Gasteiger partial charge in [0, 0.05) is 42.5 Å². The highest BCUT2D eigenvalue weighted by Crippen LogP contribution is 2.35. The third-order valence-corrected chi connectivity index (χ3v) is 5.24. The fraction of sp³-hybridized carbons (Fsp3) is 0.400. The molecule has 0 atom stereocenters. The van der Waals surface area contributed by atoms with Gasteiger partial charge in [-0.25, -0.2) is 0 Å². The second-order valence-corrected chi connectivity index (χ2v) is 6.77. The van der Waals surface area contributed by atoms with Crippen molar-refractivity contribution in [3.05, 3.63) is 53.6 Å². The van der Waals surface area contributed by atoms with E-state index in [0.29, 0.717) is 6.61 Å². The number of aryl methyl sites for hydroxylation is 1. The number of hydrogen-bond acceptors (Lipinski definition) is 3. The highest BCUT2D eigenvalue weighted by molar-refractivity contribution is 5.86. The monoisotopic (exact) mass is 321 g/mol. The molecular formula is C20H23N3O. The second-order valence-electron chi connectivity index (χ2n) is 6.77. The van der Waals surface area contributed by atoms with Crippen molar-refractivity contribution >= 4 is 11.0 Å². The van der Waals surface area contributed by atoms with Crippen molar-refractivity contribution in [3.63, 3.8) is 0 Å². The molecule has 3 aromatic heterocycles. The van der Waals surface area contributed by atoms with Crippen molar-refractivity contribution < 1.29 is 4.74 Å². The van der Waals surface area contributed by atoms with Crippen molar-refractivity contribution in [1.29, 1.82) is 0 Å². The average molecular weight is 321 g/mol. The number of fused-ring (bicyclic) bond motifs is 1. The first-order chi connectivity index (χ1) is 11.7. The van der Waals surface area contributed by atoms with Crippen LogP contribution in [0.25, 0.3) is 11.0 Å². The van der Waals surface area contributed by atoms with E-state index in [4.69, 9.17) is 4.74 Å². The van der Waals surface area contributed by atoms with Gasteiger partial charge in [0.25, 0.3) is 0 Å². The van der Waals surface area contributed by atoms with Crippen LogP contribution in [0.2, 0.25) is 0 Å². The summed E-state index contributed by atoms with van der Waals surface area (Å²) in [6.45, 7) is 5.96. The standard InChI is InChI=1S/C20H23N3O/c1-14-15(2)23(12-16-5-3-6-16)20-18(8-10-22-19(14)20)24-13-17-7-4-9-21-11-17/h4,7-11,16H,3,5-6,12-13H2,1-2H3. The molecule has 4 nitrogen and oxygen atoms in total. The predicted octanol–water partition coefficient (Wildman–Crippen LogP) is 4.43. The van der Waals surface area contributed by atoms with Gasteiger partial charge in [-0.05, 0) is 44.2 Å². The zero-order chi connectivity index (χ0) is 16.5. The predicted molar refractivity (Wildman–Crippen MR) is 95.1 cm³/mol. The molecule has 1 aliphatic rings. The first-order valence-electron chi connectivity index (χ1n) is 8.70. The summed E-state index contributed by atoms with van der Waals surface area (Å²) in [6.07, 6.45) is 9.52. The maximum Gasteiger partial charge on any atom is 0.147 e. The normalized spacial score (nSPS) is 14.8. The minimum absolute atomic E-state index is 0.527. The van der Waals surface area contributed by atoms with E-state index in [1.54, 1.807) is 6.20 Å². The second kappa shape index (κ2) is 6.27. The molecular weight excluding hydrogens is 298 g/mol. The van der Waals surface area contributed by atoms with Crippen molar-refractivity contribution in [2.24, 2.45) is 5.92 Å². The van der Waals surface area contributed by atoms with Gasteiger partial charge >= 0.3 is 0 Å². The van der Waals surface area contributed by atoms with Crippen molar-refractivity contribution in [1.82, 2.24) is 14.5 Å². The van der Waals surface area contributed by atoms with Gasteiger partial charge in [0.1, 0.15) is 17.9 Å². The summed E-state index contributed by atoms with van der Waals surface area (Å²) in [4.78, 5) is 8.77. The van der Waals surface area contributed by atoms with Gasteiger partial charge in [-0.1, -0.05) is 12.5 Å². The third kappa shape index (κ3) is 2.66. The molecule has 0 aliphatic heterocycles. The fourth-order valence-corrected chi connectivity index (χ4v) is 3.44. The molecule has 3 aromatic rings. The lowest BCUT2D eigenvalue weighted by Crippen LogP contribution is -2.18. The number of hydrogen-bond donors (Lipinski definition) is 0. The largest absolute Gasteiger partial charge is 0.487 e. The van der Waals surface area contributed by atoms with E-state index >= 15 is 0 Å². The Morgan fingerprint density at radius 3 is 2.79 bits per heavy atom. The molecule has 24 heavy (non-hydrogen) atoms. The zero-order valence-corrected chi connectivity index (χ0v) is 14.3. The molecule has 0 radical (unpaired) electrons. The molecule has 124 valence electrons. The summed E-state index contributed by atoms with van der Waals surface area (Å²) in [5, 5.41) is 0. The Morgan fingerprint density at radius 2 is 2.08 bits per heavy atom. The Labute approximate surface area is 142 Å². The average Bonchev–Trinajstić information content (AvgIpc) is 2.82. The maximum atomic E-state index is 6.15. The van der Waals surface area contributed by atoms with Crippen LogP contribution in [0.1, 0.15) is 36.1 Å². The van der Waals surface area contributed by atoms with Crippen molar-refractivity contribution in [2.45, 2.75) is 46.3 Å². The topological polar surface area (TPSA) is 39.9 Å². The number of nitrogens with zero attached hydrogens (tertiary/aromatic N) is 3. The van der Waals surface area contributed by atoms with Crippen LogP contribution in [0.5, 0.6) is 5.75 Å². The van der Waals surface area contributed by atoms with E-state index in [0.717, 1.165) is 34.8 Å². The van der Waals surface area contributed by atoms with Crippen LogP contribution in [0.4, 0.5) is 0 Å². The van der Waals surface area contributed by atoms with Gasteiger partial charge < -0.3 is 9.30 Å². The number of rotatable bonds is 5. The lowest BCUT2D eigenvalue weighted by atomic mass is 9.85. The van der Waals surface area contributed by atoms with Gasteiger partial charge in [-0.15, -0.1) is 0 Å². The van der Waals surface area contributed by atoms with Crippen LogP contribution in [-0.4, -0.2) is 14.5 Å². The first kappa shape index (κ1) is 15.2. The minimum Gasteiger partial charge on any atom is -0.487 e. The highest BCUT2D eigenvalue weighted by atomic mass is 16.5. The van der Waals surface area contributed by atoms with Crippen LogP contribution in [-0.2, 0) is 13.2 Å². The number of aromatic nitrogens is 3. The molecule has 0 saturated heterocycles. The molecule has 1 aliphatic carbocycles. The minimum atomic E-state index is 0.527. The number of ether oxygens (including phenoxy) is 1. The smallest absolute Gasteiger partial charge is 0.147 e. The SMILES string of the molecule is Cc1c(C)n(CC2CCC2)c2c(OCc3cccnc3)ccnc12. The summed E-state index contributed by atoms with van der Waals surface area (Å²) in [7, 11) is 0. The van der Waals surface area contributed by atoms with Crippen molar-refractivity contribution in [3.8, 4) is 5.75 Å². The molecule has 4 heteroatoms. The highest BCUT2D eigenvalue weighted by Gasteiger charge is 2.22. The summed E-state index contributed by atoms with van der Waals surface area (Å²) in [5.74, 6) is 1.71. The molecule has 1 saturated carbocycles. The zero-order valence-electron chi connectivity index (χ0n) is 14.3. The molecule has 0 bridgehead atoms. The lowest BCUT2D eigenvalue weighted by molar-refractivity contribution is 0.275. The van der Waals surface area contributed by atoms with E-state index in [2.05, 4.69) is 28.4 Å². The molecule has 0 amide bonds. The van der Waals surface area contributed by atoms with Crippen LogP contribution >= 0.6 is 0 Å². The van der Waals surface area contributed by atoms with Gasteiger partial charge in [0.2, 0.25) is 0 Å². The van der Waals surface area contributed by atoms with E-state index in [1.807, 2.05) is 30.6 Å². The van der Waals surface area contributed by atoms with Gasteiger partial charge in [-0.3, -0.25) is 9.97 Å². The summed E-state index contributed by atoms with van der Waals surface area (Å²) >= 11 is 0. The molecule has 4 rings (SSSR count). The van der Waals surface area contributed by atoms with Crippen LogP contribution in [0.15, 0.2) is 36.8 Å². The van der Waals surface area contributed by atoms with Gasteiger partial charge in [-0.2, -0.15) is 0 Å². The molecule has 0 aromatic carbocycles. The number of pyridine rings is 2. The molecule has 0 N–H and O–H groups in total. The third-order valence-electron chi connectivity index (χ3n) is 5.24. The van der Waals surface area contributed by atoms with Gasteiger partial charge in [0.05, 0.1) is 5.52 Å². The summed E-state index contributed by atoms with van der Waals surface area (Å²) in [5.41, 5.74) is 5.85. The van der Waals surface area contributed by atoms with E-state index < -0.39 is 0 Å². The van der Waals surface area contributed by atoms with Gasteiger partial charge in [0.15, 0.2) is 0 Å². The molecule has 3 heterocycles. The molecule has 0 unspecified atom stereocenters. The maximum absolute atomic E-state index is 6.15. The van der Waals surface area contributed by atoms with Crippen molar-refractivity contribution in [2.75, 3.05) is 0 Å². The van der Waals surface area contributed by atoms with Crippen LogP contribution in [0, 0.1) is 19.8 Å².